The predicted octanol–water partition coefficient (Wildman–Crippen LogP) is 3.81. The summed E-state index contributed by atoms with van der Waals surface area (Å²) < 4.78 is 0. The average Bonchev–Trinajstić information content (AvgIpc) is 2.77. The molecule has 102 valence electrons. The maximum absolute atomic E-state index is 3.74. The molecule has 2 aromatic carbocycles. The third kappa shape index (κ3) is 1.55. The monoisotopic (exact) mass is 264 g/mol. The van der Waals surface area contributed by atoms with Crippen LogP contribution in [0.5, 0.6) is 0 Å². The van der Waals surface area contributed by atoms with E-state index in [1.165, 1.54) is 29.8 Å². The number of nitrogens with one attached hydrogen (secondary N) is 1. The minimum atomic E-state index is 0.213. The Labute approximate surface area is 120 Å². The average molecular weight is 264 g/mol. The van der Waals surface area contributed by atoms with E-state index in [-0.39, 0.29) is 5.41 Å². The number of hydrogen-bond acceptors (Lipinski definition) is 2. The second kappa shape index (κ2) is 4.35. The molecule has 1 N–H and O–H groups in total. The summed E-state index contributed by atoms with van der Waals surface area (Å²) in [6, 6.07) is 19.6. The van der Waals surface area contributed by atoms with Crippen LogP contribution >= 0.6 is 0 Å². The van der Waals surface area contributed by atoms with Gasteiger partial charge in [-0.25, -0.2) is 0 Å². The molecular formula is C18H20N2. The summed E-state index contributed by atoms with van der Waals surface area (Å²) in [7, 11) is 0. The van der Waals surface area contributed by atoms with Crippen molar-refractivity contribution in [2.24, 2.45) is 0 Å². The summed E-state index contributed by atoms with van der Waals surface area (Å²) in [5.74, 6) is 0. The fourth-order valence-corrected chi connectivity index (χ4v) is 3.90. The smallest absolute Gasteiger partial charge is 0.0941 e. The number of piperidine rings is 1. The Morgan fingerprint density at radius 3 is 2.65 bits per heavy atom. The zero-order valence-electron chi connectivity index (χ0n) is 11.8. The molecule has 20 heavy (non-hydrogen) atoms. The summed E-state index contributed by atoms with van der Waals surface area (Å²) >= 11 is 0. The van der Waals surface area contributed by atoms with E-state index >= 15 is 0 Å². The van der Waals surface area contributed by atoms with Crippen LogP contribution < -0.4 is 10.2 Å². The molecule has 2 aromatic rings. The first-order valence-electron chi connectivity index (χ1n) is 7.48. The van der Waals surface area contributed by atoms with E-state index in [9.17, 15) is 0 Å². The van der Waals surface area contributed by atoms with Crippen molar-refractivity contribution in [2.75, 3.05) is 11.4 Å². The highest BCUT2D eigenvalue weighted by Crippen LogP contribution is 2.51. The van der Waals surface area contributed by atoms with Gasteiger partial charge in [-0.3, -0.25) is 5.32 Å². The number of rotatable bonds is 1. The van der Waals surface area contributed by atoms with Crippen LogP contribution in [0.15, 0.2) is 54.6 Å². The normalized spacial score (nSPS) is 28.1. The minimum absolute atomic E-state index is 0.213. The quantitative estimate of drug-likeness (QED) is 0.842. The van der Waals surface area contributed by atoms with Crippen LogP contribution in [0.1, 0.15) is 25.3 Å². The Morgan fingerprint density at radius 1 is 1.05 bits per heavy atom. The van der Waals surface area contributed by atoms with Crippen molar-refractivity contribution in [1.29, 1.82) is 0 Å². The van der Waals surface area contributed by atoms with E-state index in [1.807, 2.05) is 0 Å². The standard InChI is InChI=1S/C18H20N2/c1-18-12-7-13-19-17(18)20(14-8-3-2-4-9-14)16-11-6-5-10-15(16)18/h2-6,8-11,17,19H,7,12-13H2,1H3/t17-,18+/m1/s1. The molecule has 2 heteroatoms. The Balaban J connectivity index is 1.91. The van der Waals surface area contributed by atoms with Gasteiger partial charge < -0.3 is 4.90 Å². The van der Waals surface area contributed by atoms with Gasteiger partial charge in [-0.15, -0.1) is 0 Å². The van der Waals surface area contributed by atoms with Gasteiger partial charge in [-0.05, 0) is 43.1 Å². The van der Waals surface area contributed by atoms with Gasteiger partial charge in [-0.1, -0.05) is 43.3 Å². The molecule has 0 unspecified atom stereocenters. The zero-order chi connectivity index (χ0) is 13.6. The molecule has 1 fully saturated rings. The van der Waals surface area contributed by atoms with E-state index in [0.717, 1.165) is 6.54 Å². The van der Waals surface area contributed by atoms with Crippen LogP contribution in [0.25, 0.3) is 0 Å². The van der Waals surface area contributed by atoms with Gasteiger partial charge >= 0.3 is 0 Å². The number of nitrogens with zero attached hydrogens (tertiary/aromatic N) is 1. The largest absolute Gasteiger partial charge is 0.324 e. The molecule has 2 atom stereocenters. The molecule has 0 amide bonds. The number of hydrogen-bond donors (Lipinski definition) is 1. The molecule has 4 rings (SSSR count). The number of fused-ring (bicyclic) bond motifs is 3. The Kier molecular flexibility index (Phi) is 2.61. The van der Waals surface area contributed by atoms with Gasteiger partial charge in [0.2, 0.25) is 0 Å². The minimum Gasteiger partial charge on any atom is -0.324 e. The Bertz CT molecular complexity index is 622. The molecule has 0 aliphatic carbocycles. The third-order valence-electron chi connectivity index (χ3n) is 4.89. The van der Waals surface area contributed by atoms with Gasteiger partial charge in [0.25, 0.3) is 0 Å². The van der Waals surface area contributed by atoms with Crippen LogP contribution in [0.4, 0.5) is 11.4 Å². The molecule has 2 aliphatic heterocycles. The summed E-state index contributed by atoms with van der Waals surface area (Å²) in [6.07, 6.45) is 2.88. The maximum atomic E-state index is 3.74. The fraction of sp³-hybridized carbons (Fsp3) is 0.333. The van der Waals surface area contributed by atoms with Crippen molar-refractivity contribution in [3.05, 3.63) is 60.2 Å². The number of para-hydroxylation sites is 2. The molecule has 2 nitrogen and oxygen atoms in total. The lowest BCUT2D eigenvalue weighted by Gasteiger charge is -2.41. The van der Waals surface area contributed by atoms with Crippen LogP contribution in [-0.2, 0) is 5.41 Å². The molecule has 2 aliphatic rings. The van der Waals surface area contributed by atoms with Crippen molar-refractivity contribution in [2.45, 2.75) is 31.3 Å². The highest BCUT2D eigenvalue weighted by Gasteiger charge is 2.49. The van der Waals surface area contributed by atoms with Crippen molar-refractivity contribution >= 4 is 11.4 Å². The lowest BCUT2D eigenvalue weighted by Crippen LogP contribution is -2.54. The van der Waals surface area contributed by atoms with Gasteiger partial charge in [0, 0.05) is 16.8 Å². The summed E-state index contributed by atoms with van der Waals surface area (Å²) in [5.41, 5.74) is 4.34. The molecule has 0 bridgehead atoms. The van der Waals surface area contributed by atoms with Gasteiger partial charge in [0.15, 0.2) is 0 Å². The van der Waals surface area contributed by atoms with E-state index in [4.69, 9.17) is 0 Å². The topological polar surface area (TPSA) is 15.3 Å². The van der Waals surface area contributed by atoms with Crippen LogP contribution in [0, 0.1) is 0 Å². The second-order valence-electron chi connectivity index (χ2n) is 6.10. The molecule has 1 saturated heterocycles. The highest BCUT2D eigenvalue weighted by molar-refractivity contribution is 5.74. The van der Waals surface area contributed by atoms with Crippen LogP contribution in [0.2, 0.25) is 0 Å². The Morgan fingerprint density at radius 2 is 1.80 bits per heavy atom. The van der Waals surface area contributed by atoms with E-state index < -0.39 is 0 Å². The number of anilines is 2. The maximum Gasteiger partial charge on any atom is 0.0941 e. The fourth-order valence-electron chi connectivity index (χ4n) is 3.90. The Hall–Kier alpha value is -1.80. The van der Waals surface area contributed by atoms with Gasteiger partial charge in [0.1, 0.15) is 0 Å². The van der Waals surface area contributed by atoms with Crippen molar-refractivity contribution in [3.8, 4) is 0 Å². The molecular weight excluding hydrogens is 244 g/mol. The van der Waals surface area contributed by atoms with Gasteiger partial charge in [-0.2, -0.15) is 0 Å². The van der Waals surface area contributed by atoms with E-state index in [1.54, 1.807) is 0 Å². The van der Waals surface area contributed by atoms with E-state index in [0.29, 0.717) is 6.17 Å². The lowest BCUT2D eigenvalue weighted by molar-refractivity contribution is 0.269. The first kappa shape index (κ1) is 12.0. The summed E-state index contributed by atoms with van der Waals surface area (Å²) in [4.78, 5) is 2.48. The second-order valence-corrected chi connectivity index (χ2v) is 6.10. The lowest BCUT2D eigenvalue weighted by atomic mass is 9.76. The predicted molar refractivity (Wildman–Crippen MR) is 83.4 cm³/mol. The van der Waals surface area contributed by atoms with Crippen molar-refractivity contribution in [1.82, 2.24) is 5.32 Å². The SMILES string of the molecule is C[C@@]12CCCN[C@@H]1N(c1ccccc1)c1ccccc12. The first-order chi connectivity index (χ1) is 9.81. The zero-order valence-corrected chi connectivity index (χ0v) is 11.8. The van der Waals surface area contributed by atoms with Crippen molar-refractivity contribution in [3.63, 3.8) is 0 Å². The van der Waals surface area contributed by atoms with Crippen molar-refractivity contribution < 1.29 is 0 Å². The van der Waals surface area contributed by atoms with Gasteiger partial charge in [0.05, 0.1) is 6.17 Å². The van der Waals surface area contributed by atoms with Crippen LogP contribution in [0.3, 0.4) is 0 Å². The summed E-state index contributed by atoms with van der Waals surface area (Å²) in [6.45, 7) is 3.52. The summed E-state index contributed by atoms with van der Waals surface area (Å²) in [5, 5.41) is 3.74. The molecule has 0 radical (unpaired) electrons. The first-order valence-corrected chi connectivity index (χ1v) is 7.48. The molecule has 0 saturated carbocycles. The highest BCUT2D eigenvalue weighted by atomic mass is 15.3. The molecule has 0 aromatic heterocycles. The van der Waals surface area contributed by atoms with E-state index in [2.05, 4.69) is 71.7 Å². The molecule has 2 heterocycles. The molecule has 0 spiro atoms. The third-order valence-corrected chi connectivity index (χ3v) is 4.89. The number of benzene rings is 2. The van der Waals surface area contributed by atoms with Crippen LogP contribution in [-0.4, -0.2) is 12.7 Å².